The zero-order chi connectivity index (χ0) is 39.3. The molecular formula is C44H87N2O6P. The lowest BCUT2D eigenvalue weighted by Gasteiger charge is -2.29. The van der Waals surface area contributed by atoms with Crippen molar-refractivity contribution in [2.45, 2.75) is 212 Å². The fraction of sp³-hybridized carbons (Fsp3) is 0.886. The number of nitrogens with zero attached hydrogens (tertiary/aromatic N) is 1. The number of aliphatic hydroxyl groups excluding tert-OH is 1. The smallest absolute Gasteiger partial charge is 0.268 e. The van der Waals surface area contributed by atoms with Crippen molar-refractivity contribution < 1.29 is 32.9 Å². The van der Waals surface area contributed by atoms with E-state index in [1.54, 1.807) is 6.08 Å². The Balaban J connectivity index is 4.34. The number of nitrogens with one attached hydrogen (secondary N) is 1. The van der Waals surface area contributed by atoms with Crippen LogP contribution in [0.5, 0.6) is 0 Å². The maximum atomic E-state index is 12.8. The number of allylic oxidation sites excluding steroid dienone is 3. The van der Waals surface area contributed by atoms with E-state index in [1.807, 2.05) is 27.2 Å². The third-order valence-electron chi connectivity index (χ3n) is 9.91. The van der Waals surface area contributed by atoms with Gasteiger partial charge < -0.3 is 28.8 Å². The molecule has 0 bridgehead atoms. The maximum Gasteiger partial charge on any atom is 0.268 e. The number of amides is 1. The van der Waals surface area contributed by atoms with Crippen LogP contribution in [-0.4, -0.2) is 68.5 Å². The number of quaternary nitrogens is 1. The van der Waals surface area contributed by atoms with Crippen LogP contribution >= 0.6 is 7.82 Å². The average Bonchev–Trinajstić information content (AvgIpc) is 3.10. The first-order valence-electron chi connectivity index (χ1n) is 22.2. The van der Waals surface area contributed by atoms with Crippen LogP contribution < -0.4 is 10.2 Å². The molecule has 0 saturated heterocycles. The summed E-state index contributed by atoms with van der Waals surface area (Å²) in [5.74, 6) is -0.210. The van der Waals surface area contributed by atoms with Gasteiger partial charge in [0.15, 0.2) is 0 Å². The highest BCUT2D eigenvalue weighted by molar-refractivity contribution is 7.45. The molecule has 53 heavy (non-hydrogen) atoms. The lowest BCUT2D eigenvalue weighted by molar-refractivity contribution is -0.870. The number of rotatable bonds is 40. The highest BCUT2D eigenvalue weighted by Crippen LogP contribution is 2.38. The summed E-state index contributed by atoms with van der Waals surface area (Å²) in [6.45, 7) is 4.60. The van der Waals surface area contributed by atoms with Crippen LogP contribution in [0.1, 0.15) is 200 Å². The summed E-state index contributed by atoms with van der Waals surface area (Å²) in [7, 11) is 1.25. The van der Waals surface area contributed by atoms with Crippen molar-refractivity contribution in [2.24, 2.45) is 0 Å². The van der Waals surface area contributed by atoms with Gasteiger partial charge in [-0.15, -0.1) is 0 Å². The van der Waals surface area contributed by atoms with E-state index in [2.05, 4.69) is 31.3 Å². The van der Waals surface area contributed by atoms with Gasteiger partial charge in [0.2, 0.25) is 5.91 Å². The highest BCUT2D eigenvalue weighted by atomic mass is 31.2. The molecule has 0 aromatic carbocycles. The largest absolute Gasteiger partial charge is 0.756 e. The second-order valence-electron chi connectivity index (χ2n) is 16.4. The van der Waals surface area contributed by atoms with Crippen LogP contribution in [0.2, 0.25) is 0 Å². The molecule has 0 heterocycles. The SMILES string of the molecule is CCCCCCCCCCCCCCCCCC/C=C/CC/C=C/C(O)C(COP(=O)([O-])OCC[N+](C)(C)C)NC(=O)CCCCCCCCCCC. The molecule has 0 rings (SSSR count). The topological polar surface area (TPSA) is 108 Å². The van der Waals surface area contributed by atoms with E-state index in [4.69, 9.17) is 9.05 Å². The standard InChI is InChI=1S/C44H87N2O6P/c1-6-8-10-12-14-16-17-18-19-20-21-22-23-24-25-26-27-28-30-31-33-35-37-43(47)42(41-52-53(49,50)51-40-39-46(3,4)5)45-44(48)38-36-34-32-29-15-13-11-9-7-2/h28,30,35,37,42-43,47H,6-27,29,31-34,36,38-41H2,1-5H3,(H-,45,48,49,50)/b30-28+,37-35+. The molecule has 0 aromatic rings. The molecule has 1 amide bonds. The Labute approximate surface area is 328 Å². The third kappa shape index (κ3) is 39.0. The monoisotopic (exact) mass is 771 g/mol. The predicted octanol–water partition coefficient (Wildman–Crippen LogP) is 11.5. The van der Waals surface area contributed by atoms with Crippen molar-refractivity contribution >= 4 is 13.7 Å². The number of carbonyl (C=O) groups is 1. The minimum Gasteiger partial charge on any atom is -0.756 e. The molecule has 0 spiro atoms. The van der Waals surface area contributed by atoms with E-state index in [9.17, 15) is 19.4 Å². The number of carbonyl (C=O) groups excluding carboxylic acids is 1. The van der Waals surface area contributed by atoms with Crippen LogP contribution in [0.4, 0.5) is 0 Å². The van der Waals surface area contributed by atoms with Crippen molar-refractivity contribution in [3.63, 3.8) is 0 Å². The molecule has 3 unspecified atom stereocenters. The van der Waals surface area contributed by atoms with Gasteiger partial charge in [-0.05, 0) is 32.1 Å². The van der Waals surface area contributed by atoms with E-state index >= 15 is 0 Å². The highest BCUT2D eigenvalue weighted by Gasteiger charge is 2.23. The Morgan fingerprint density at radius 3 is 1.53 bits per heavy atom. The van der Waals surface area contributed by atoms with Crippen molar-refractivity contribution in [1.29, 1.82) is 0 Å². The fourth-order valence-corrected chi connectivity index (χ4v) is 7.07. The molecule has 9 heteroatoms. The lowest BCUT2D eigenvalue weighted by Crippen LogP contribution is -2.45. The number of aliphatic hydroxyl groups is 1. The van der Waals surface area contributed by atoms with Crippen LogP contribution in [-0.2, 0) is 18.4 Å². The third-order valence-corrected chi connectivity index (χ3v) is 10.9. The van der Waals surface area contributed by atoms with Crippen LogP contribution in [0.15, 0.2) is 24.3 Å². The summed E-state index contributed by atoms with van der Waals surface area (Å²) >= 11 is 0. The molecule has 0 saturated carbocycles. The van der Waals surface area contributed by atoms with Gasteiger partial charge in [0.1, 0.15) is 13.2 Å². The Hall–Kier alpha value is -1.02. The van der Waals surface area contributed by atoms with Gasteiger partial charge in [0.05, 0.1) is 39.9 Å². The first kappa shape index (κ1) is 52.0. The normalized spacial score (nSPS) is 14.6. The number of hydrogen-bond donors (Lipinski definition) is 2. The zero-order valence-electron chi connectivity index (χ0n) is 35.5. The molecule has 2 N–H and O–H groups in total. The van der Waals surface area contributed by atoms with E-state index in [0.29, 0.717) is 17.4 Å². The van der Waals surface area contributed by atoms with Gasteiger partial charge in [-0.25, -0.2) is 0 Å². The minimum absolute atomic E-state index is 0.00461. The number of hydrogen-bond acceptors (Lipinski definition) is 6. The first-order valence-corrected chi connectivity index (χ1v) is 23.7. The first-order chi connectivity index (χ1) is 25.5. The Morgan fingerprint density at radius 2 is 1.06 bits per heavy atom. The van der Waals surface area contributed by atoms with Crippen LogP contribution in [0.3, 0.4) is 0 Å². The van der Waals surface area contributed by atoms with Gasteiger partial charge in [0.25, 0.3) is 7.82 Å². The van der Waals surface area contributed by atoms with Gasteiger partial charge in [0, 0.05) is 6.42 Å². The van der Waals surface area contributed by atoms with Crippen molar-refractivity contribution in [3.05, 3.63) is 24.3 Å². The average molecular weight is 771 g/mol. The minimum atomic E-state index is -4.59. The molecule has 0 fully saturated rings. The van der Waals surface area contributed by atoms with E-state index < -0.39 is 20.0 Å². The van der Waals surface area contributed by atoms with E-state index in [-0.39, 0.29) is 19.1 Å². The molecular weight excluding hydrogens is 683 g/mol. The fourth-order valence-electron chi connectivity index (χ4n) is 6.34. The number of phosphoric acid groups is 1. The van der Waals surface area contributed by atoms with Crippen LogP contribution in [0.25, 0.3) is 0 Å². The van der Waals surface area contributed by atoms with Crippen LogP contribution in [0, 0.1) is 0 Å². The van der Waals surface area contributed by atoms with Gasteiger partial charge >= 0.3 is 0 Å². The zero-order valence-corrected chi connectivity index (χ0v) is 36.4. The molecule has 3 atom stereocenters. The summed E-state index contributed by atoms with van der Waals surface area (Å²) in [4.78, 5) is 25.2. The van der Waals surface area contributed by atoms with E-state index in [0.717, 1.165) is 38.5 Å². The lowest BCUT2D eigenvalue weighted by atomic mass is 10.0. The molecule has 314 valence electrons. The van der Waals surface area contributed by atoms with Crippen molar-refractivity contribution in [1.82, 2.24) is 5.32 Å². The maximum absolute atomic E-state index is 12.8. The van der Waals surface area contributed by atoms with E-state index in [1.165, 1.54) is 141 Å². The second kappa shape index (κ2) is 36.6. The summed E-state index contributed by atoms with van der Waals surface area (Å²) < 4.78 is 23.1. The Morgan fingerprint density at radius 1 is 0.642 bits per heavy atom. The summed E-state index contributed by atoms with van der Waals surface area (Å²) in [6, 6.07) is -0.896. The van der Waals surface area contributed by atoms with Gasteiger partial charge in [-0.1, -0.05) is 186 Å². The molecule has 0 aliphatic rings. The molecule has 0 aromatic heterocycles. The Bertz CT molecular complexity index is 922. The van der Waals surface area contributed by atoms with Crippen molar-refractivity contribution in [2.75, 3.05) is 40.9 Å². The Kier molecular flexibility index (Phi) is 35.9. The predicted molar refractivity (Wildman–Crippen MR) is 224 cm³/mol. The quantitative estimate of drug-likeness (QED) is 0.0278. The number of likely N-dealkylation sites (N-methyl/N-ethyl adjacent to an activating group) is 1. The molecule has 0 aliphatic carbocycles. The summed E-state index contributed by atoms with van der Waals surface area (Å²) in [6.07, 6.45) is 42.4. The summed E-state index contributed by atoms with van der Waals surface area (Å²) in [5.41, 5.74) is 0. The van der Waals surface area contributed by atoms with Crippen molar-refractivity contribution in [3.8, 4) is 0 Å². The summed E-state index contributed by atoms with van der Waals surface area (Å²) in [5, 5.41) is 13.7. The molecule has 0 aliphatic heterocycles. The second-order valence-corrected chi connectivity index (χ2v) is 17.8. The van der Waals surface area contributed by atoms with Gasteiger partial charge in [-0.3, -0.25) is 9.36 Å². The number of unbranched alkanes of at least 4 members (excludes halogenated alkanes) is 25. The number of phosphoric ester groups is 1. The molecule has 0 radical (unpaired) electrons. The van der Waals surface area contributed by atoms with Gasteiger partial charge in [-0.2, -0.15) is 0 Å². The molecule has 8 nitrogen and oxygen atoms in total.